The van der Waals surface area contributed by atoms with Crippen LogP contribution in [0.1, 0.15) is 20.8 Å². The maximum absolute atomic E-state index is 11.1. The van der Waals surface area contributed by atoms with Crippen molar-refractivity contribution < 1.29 is 9.53 Å². The molecule has 1 fully saturated rings. The fourth-order valence-corrected chi connectivity index (χ4v) is 1.94. The van der Waals surface area contributed by atoms with E-state index in [2.05, 4.69) is 0 Å². The predicted octanol–water partition coefficient (Wildman–Crippen LogP) is -0.702. The Bertz CT molecular complexity index is 243. The minimum Gasteiger partial charge on any atom is -0.368 e. The summed E-state index contributed by atoms with van der Waals surface area (Å²) in [5.74, 6) is -0.302. The second kappa shape index (κ2) is 4.47. The molecule has 0 saturated carbocycles. The Morgan fingerprint density at radius 2 is 2.27 bits per heavy atom. The average molecular weight is 215 g/mol. The molecule has 2 atom stereocenters. The lowest BCUT2D eigenvalue weighted by atomic mass is 10.0. The molecule has 0 aromatic carbocycles. The first-order valence-electron chi connectivity index (χ1n) is 5.27. The highest BCUT2D eigenvalue weighted by Gasteiger charge is 2.35. The summed E-state index contributed by atoms with van der Waals surface area (Å²) in [7, 11) is 0. The minimum absolute atomic E-state index is 0.0180. The van der Waals surface area contributed by atoms with Gasteiger partial charge in [-0.2, -0.15) is 0 Å². The van der Waals surface area contributed by atoms with E-state index in [1.165, 1.54) is 0 Å². The van der Waals surface area contributed by atoms with Crippen molar-refractivity contribution in [3.05, 3.63) is 0 Å². The van der Waals surface area contributed by atoms with Gasteiger partial charge in [-0.25, -0.2) is 0 Å². The summed E-state index contributed by atoms with van der Waals surface area (Å²) in [6, 6.07) is -0.262. The zero-order valence-electron chi connectivity index (χ0n) is 9.69. The van der Waals surface area contributed by atoms with Crippen LogP contribution < -0.4 is 11.5 Å². The zero-order chi connectivity index (χ0) is 11.6. The first-order valence-corrected chi connectivity index (χ1v) is 5.27. The van der Waals surface area contributed by atoms with Crippen molar-refractivity contribution in [3.8, 4) is 0 Å². The van der Waals surface area contributed by atoms with E-state index >= 15 is 0 Å². The number of nitrogens with zero attached hydrogens (tertiary/aromatic N) is 1. The molecular formula is C10H21N3O2. The van der Waals surface area contributed by atoms with E-state index in [-0.39, 0.29) is 23.7 Å². The van der Waals surface area contributed by atoms with E-state index in [1.54, 1.807) is 0 Å². The molecule has 5 nitrogen and oxygen atoms in total. The van der Waals surface area contributed by atoms with Crippen LogP contribution in [0.15, 0.2) is 0 Å². The van der Waals surface area contributed by atoms with Gasteiger partial charge < -0.3 is 16.2 Å². The number of carbonyl (C=O) groups is 1. The van der Waals surface area contributed by atoms with Gasteiger partial charge in [-0.3, -0.25) is 9.69 Å². The van der Waals surface area contributed by atoms with Gasteiger partial charge >= 0.3 is 0 Å². The molecule has 2 unspecified atom stereocenters. The molecule has 0 aromatic rings. The van der Waals surface area contributed by atoms with Gasteiger partial charge in [0.2, 0.25) is 5.91 Å². The number of hydrogen-bond donors (Lipinski definition) is 2. The summed E-state index contributed by atoms with van der Waals surface area (Å²) in [5.41, 5.74) is 10.6. The third-order valence-corrected chi connectivity index (χ3v) is 2.73. The molecule has 1 saturated heterocycles. The molecule has 0 aromatic heterocycles. The Balaban J connectivity index is 2.69. The highest BCUT2D eigenvalue weighted by Crippen LogP contribution is 2.21. The SMILES string of the molecule is CC(C(N)=O)N1CC(CN)OC(C)(C)C1. The standard InChI is InChI=1S/C10H21N3O2/c1-7(9(12)14)13-5-8(4-11)15-10(2,3)6-13/h7-8H,4-6,11H2,1-3H3,(H2,12,14). The van der Waals surface area contributed by atoms with Gasteiger partial charge in [0.1, 0.15) is 0 Å². The van der Waals surface area contributed by atoms with Crippen LogP contribution in [-0.4, -0.2) is 48.2 Å². The van der Waals surface area contributed by atoms with Gasteiger partial charge in [-0.1, -0.05) is 0 Å². The first kappa shape index (κ1) is 12.4. The summed E-state index contributed by atoms with van der Waals surface area (Å²) in [6.07, 6.45) is -0.0180. The van der Waals surface area contributed by atoms with Gasteiger partial charge in [-0.05, 0) is 20.8 Å². The van der Waals surface area contributed by atoms with Crippen molar-refractivity contribution >= 4 is 5.91 Å². The van der Waals surface area contributed by atoms with Crippen LogP contribution in [0.5, 0.6) is 0 Å². The number of amides is 1. The molecule has 15 heavy (non-hydrogen) atoms. The number of rotatable bonds is 3. The summed E-state index contributed by atoms with van der Waals surface area (Å²) < 4.78 is 5.76. The minimum atomic E-state index is -0.302. The van der Waals surface area contributed by atoms with Gasteiger partial charge in [0, 0.05) is 19.6 Å². The normalized spacial score (nSPS) is 28.7. The molecule has 0 spiro atoms. The van der Waals surface area contributed by atoms with Crippen molar-refractivity contribution in [2.75, 3.05) is 19.6 Å². The Morgan fingerprint density at radius 3 is 2.73 bits per heavy atom. The van der Waals surface area contributed by atoms with Crippen molar-refractivity contribution in [1.82, 2.24) is 4.90 Å². The van der Waals surface area contributed by atoms with Crippen LogP contribution in [0.2, 0.25) is 0 Å². The maximum atomic E-state index is 11.1. The monoisotopic (exact) mass is 215 g/mol. The molecular weight excluding hydrogens is 194 g/mol. The van der Waals surface area contributed by atoms with Crippen molar-refractivity contribution in [3.63, 3.8) is 0 Å². The van der Waals surface area contributed by atoms with E-state index < -0.39 is 0 Å². The van der Waals surface area contributed by atoms with Gasteiger partial charge in [0.15, 0.2) is 0 Å². The van der Waals surface area contributed by atoms with Gasteiger partial charge in [-0.15, -0.1) is 0 Å². The number of ether oxygens (including phenoxy) is 1. The third kappa shape index (κ3) is 3.15. The smallest absolute Gasteiger partial charge is 0.234 e. The van der Waals surface area contributed by atoms with Crippen LogP contribution in [-0.2, 0) is 9.53 Å². The van der Waals surface area contributed by atoms with Crippen LogP contribution in [0.25, 0.3) is 0 Å². The van der Waals surface area contributed by atoms with E-state index in [1.807, 2.05) is 25.7 Å². The van der Waals surface area contributed by atoms with Gasteiger partial charge in [0.05, 0.1) is 17.7 Å². The second-order valence-electron chi connectivity index (χ2n) is 4.74. The topological polar surface area (TPSA) is 81.6 Å². The van der Waals surface area contributed by atoms with E-state index in [0.29, 0.717) is 19.6 Å². The van der Waals surface area contributed by atoms with Crippen molar-refractivity contribution in [2.45, 2.75) is 38.5 Å². The molecule has 88 valence electrons. The van der Waals surface area contributed by atoms with Crippen LogP contribution >= 0.6 is 0 Å². The molecule has 0 radical (unpaired) electrons. The summed E-state index contributed by atoms with van der Waals surface area (Å²) in [5, 5.41) is 0. The van der Waals surface area contributed by atoms with Crippen LogP contribution in [0.4, 0.5) is 0 Å². The number of nitrogens with two attached hydrogens (primary N) is 2. The zero-order valence-corrected chi connectivity index (χ0v) is 9.69. The fourth-order valence-electron chi connectivity index (χ4n) is 1.94. The van der Waals surface area contributed by atoms with E-state index in [0.717, 1.165) is 0 Å². The van der Waals surface area contributed by atoms with Crippen LogP contribution in [0, 0.1) is 0 Å². The molecule has 1 heterocycles. The quantitative estimate of drug-likeness (QED) is 0.652. The molecule has 4 N–H and O–H groups in total. The van der Waals surface area contributed by atoms with Crippen molar-refractivity contribution in [1.29, 1.82) is 0 Å². The summed E-state index contributed by atoms with van der Waals surface area (Å²) in [4.78, 5) is 13.1. The largest absolute Gasteiger partial charge is 0.368 e. The lowest BCUT2D eigenvalue weighted by molar-refractivity contribution is -0.148. The molecule has 0 aliphatic carbocycles. The Morgan fingerprint density at radius 1 is 1.67 bits per heavy atom. The van der Waals surface area contributed by atoms with Gasteiger partial charge in [0.25, 0.3) is 0 Å². The van der Waals surface area contributed by atoms with Crippen molar-refractivity contribution in [2.24, 2.45) is 11.5 Å². The summed E-state index contributed by atoms with van der Waals surface area (Å²) >= 11 is 0. The molecule has 1 rings (SSSR count). The van der Waals surface area contributed by atoms with E-state index in [4.69, 9.17) is 16.2 Å². The second-order valence-corrected chi connectivity index (χ2v) is 4.74. The number of carbonyl (C=O) groups excluding carboxylic acids is 1. The lowest BCUT2D eigenvalue weighted by Crippen LogP contribution is -2.59. The van der Waals surface area contributed by atoms with E-state index in [9.17, 15) is 4.79 Å². The molecule has 5 heteroatoms. The number of morpholine rings is 1. The maximum Gasteiger partial charge on any atom is 0.234 e. The first-order chi connectivity index (χ1) is 6.85. The highest BCUT2D eigenvalue weighted by molar-refractivity contribution is 5.79. The molecule has 1 aliphatic rings. The summed E-state index contributed by atoms with van der Waals surface area (Å²) in [6.45, 7) is 7.64. The molecule has 1 amide bonds. The fraction of sp³-hybridized carbons (Fsp3) is 0.900. The lowest BCUT2D eigenvalue weighted by Gasteiger charge is -2.44. The molecule has 1 aliphatic heterocycles. The molecule has 0 bridgehead atoms. The van der Waals surface area contributed by atoms with Crippen LogP contribution in [0.3, 0.4) is 0 Å². The number of primary amides is 1. The highest BCUT2D eigenvalue weighted by atomic mass is 16.5. The Hall–Kier alpha value is -0.650. The Kier molecular flexibility index (Phi) is 3.70. The number of hydrogen-bond acceptors (Lipinski definition) is 4. The third-order valence-electron chi connectivity index (χ3n) is 2.73. The predicted molar refractivity (Wildman–Crippen MR) is 58.2 cm³/mol. The average Bonchev–Trinajstić information content (AvgIpc) is 2.13. The Labute approximate surface area is 90.7 Å².